The summed E-state index contributed by atoms with van der Waals surface area (Å²) in [5.41, 5.74) is 0.542. The number of halogens is 2. The molecule has 1 N–H and O–H groups in total. The highest BCUT2D eigenvalue weighted by Crippen LogP contribution is 2.22. The van der Waals surface area contributed by atoms with E-state index in [2.05, 4.69) is 0 Å². The van der Waals surface area contributed by atoms with Crippen molar-refractivity contribution < 1.29 is 18.7 Å². The minimum Gasteiger partial charge on any atom is -0.478 e. The second-order valence-electron chi connectivity index (χ2n) is 4.42. The number of carbonyl (C=O) groups is 1. The van der Waals surface area contributed by atoms with Gasteiger partial charge in [-0.25, -0.2) is 13.6 Å². The number of hydrogen-bond donors (Lipinski definition) is 1. The Kier molecular flexibility index (Phi) is 3.98. The molecular formula is C15H13F2NO2. The zero-order valence-corrected chi connectivity index (χ0v) is 10.8. The quantitative estimate of drug-likeness (QED) is 0.932. The smallest absolute Gasteiger partial charge is 0.335 e. The van der Waals surface area contributed by atoms with Crippen LogP contribution in [0.4, 0.5) is 14.5 Å². The summed E-state index contributed by atoms with van der Waals surface area (Å²) in [6, 6.07) is 9.90. The van der Waals surface area contributed by atoms with Gasteiger partial charge in [0, 0.05) is 19.2 Å². The Morgan fingerprint density at radius 3 is 2.45 bits per heavy atom. The minimum absolute atomic E-state index is 0.120. The number of carboxylic acid groups (broad SMARTS) is 1. The molecule has 0 aliphatic rings. The largest absolute Gasteiger partial charge is 0.478 e. The van der Waals surface area contributed by atoms with Crippen molar-refractivity contribution in [1.82, 2.24) is 0 Å². The number of hydrogen-bond acceptors (Lipinski definition) is 2. The number of anilines is 1. The first-order chi connectivity index (χ1) is 9.49. The van der Waals surface area contributed by atoms with Gasteiger partial charge < -0.3 is 10.0 Å². The highest BCUT2D eigenvalue weighted by Gasteiger charge is 2.13. The number of rotatable bonds is 4. The molecule has 0 aliphatic carbocycles. The third kappa shape index (κ3) is 2.93. The topological polar surface area (TPSA) is 40.5 Å². The van der Waals surface area contributed by atoms with Crippen LogP contribution in [-0.2, 0) is 6.54 Å². The van der Waals surface area contributed by atoms with Crippen LogP contribution in [0.25, 0.3) is 0 Å². The van der Waals surface area contributed by atoms with Crippen molar-refractivity contribution in [3.63, 3.8) is 0 Å². The summed E-state index contributed by atoms with van der Waals surface area (Å²) < 4.78 is 27.4. The molecule has 0 fully saturated rings. The molecule has 0 bridgehead atoms. The van der Waals surface area contributed by atoms with Gasteiger partial charge in [-0.3, -0.25) is 0 Å². The summed E-state index contributed by atoms with van der Waals surface area (Å²) in [5, 5.41) is 8.78. The summed E-state index contributed by atoms with van der Waals surface area (Å²) in [7, 11) is 1.62. The zero-order chi connectivity index (χ0) is 14.7. The molecule has 0 spiro atoms. The van der Waals surface area contributed by atoms with Gasteiger partial charge in [0.05, 0.1) is 11.3 Å². The molecule has 0 amide bonds. The monoisotopic (exact) mass is 277 g/mol. The fraction of sp³-hybridized carbons (Fsp3) is 0.133. The van der Waals surface area contributed by atoms with E-state index in [0.29, 0.717) is 5.56 Å². The van der Waals surface area contributed by atoms with E-state index in [-0.39, 0.29) is 23.6 Å². The Hall–Kier alpha value is -2.43. The van der Waals surface area contributed by atoms with E-state index >= 15 is 0 Å². The van der Waals surface area contributed by atoms with Crippen LogP contribution in [-0.4, -0.2) is 18.1 Å². The lowest BCUT2D eigenvalue weighted by atomic mass is 10.1. The minimum atomic E-state index is -1.19. The number of nitrogens with zero attached hydrogens (tertiary/aromatic N) is 1. The molecule has 0 radical (unpaired) electrons. The third-order valence-corrected chi connectivity index (χ3v) is 2.97. The van der Waals surface area contributed by atoms with E-state index in [0.717, 1.165) is 6.07 Å². The van der Waals surface area contributed by atoms with Crippen LogP contribution in [0.5, 0.6) is 0 Å². The number of aromatic carboxylic acids is 1. The average molecular weight is 277 g/mol. The van der Waals surface area contributed by atoms with Gasteiger partial charge in [-0.2, -0.15) is 0 Å². The van der Waals surface area contributed by atoms with Crippen molar-refractivity contribution in [3.8, 4) is 0 Å². The van der Waals surface area contributed by atoms with Gasteiger partial charge in [-0.1, -0.05) is 18.2 Å². The highest BCUT2D eigenvalue weighted by atomic mass is 19.1. The normalized spacial score (nSPS) is 10.3. The molecule has 0 saturated heterocycles. The maximum Gasteiger partial charge on any atom is 0.335 e. The molecule has 0 aromatic heterocycles. The fourth-order valence-electron chi connectivity index (χ4n) is 1.92. The van der Waals surface area contributed by atoms with E-state index in [4.69, 9.17) is 5.11 Å². The van der Waals surface area contributed by atoms with Gasteiger partial charge in [0.1, 0.15) is 11.6 Å². The van der Waals surface area contributed by atoms with Crippen LogP contribution in [0.3, 0.4) is 0 Å². The average Bonchev–Trinajstić information content (AvgIpc) is 2.41. The third-order valence-electron chi connectivity index (χ3n) is 2.97. The molecule has 0 heterocycles. The second-order valence-corrected chi connectivity index (χ2v) is 4.42. The van der Waals surface area contributed by atoms with Gasteiger partial charge in [-0.05, 0) is 24.3 Å². The summed E-state index contributed by atoms with van der Waals surface area (Å²) >= 11 is 0. The molecule has 2 aromatic carbocycles. The molecular weight excluding hydrogens is 264 g/mol. The van der Waals surface area contributed by atoms with Crippen molar-refractivity contribution in [2.75, 3.05) is 11.9 Å². The zero-order valence-electron chi connectivity index (χ0n) is 10.8. The van der Waals surface area contributed by atoms with Crippen molar-refractivity contribution >= 4 is 11.7 Å². The van der Waals surface area contributed by atoms with Gasteiger partial charge in [-0.15, -0.1) is 0 Å². The highest BCUT2D eigenvalue weighted by molar-refractivity contribution is 5.88. The molecule has 20 heavy (non-hydrogen) atoms. The van der Waals surface area contributed by atoms with E-state index in [1.165, 1.54) is 23.1 Å². The summed E-state index contributed by atoms with van der Waals surface area (Å²) in [6.45, 7) is 0.190. The molecule has 2 rings (SSSR count). The van der Waals surface area contributed by atoms with Crippen LogP contribution in [0.2, 0.25) is 0 Å². The predicted octanol–water partition coefficient (Wildman–Crippen LogP) is 3.30. The molecule has 0 unspecified atom stereocenters. The lowest BCUT2D eigenvalue weighted by Crippen LogP contribution is -2.18. The first-order valence-corrected chi connectivity index (χ1v) is 5.96. The van der Waals surface area contributed by atoms with Gasteiger partial charge in [0.2, 0.25) is 0 Å². The number of benzene rings is 2. The Morgan fingerprint density at radius 2 is 1.85 bits per heavy atom. The lowest BCUT2D eigenvalue weighted by Gasteiger charge is -2.20. The van der Waals surface area contributed by atoms with Crippen LogP contribution < -0.4 is 4.90 Å². The molecule has 0 saturated carbocycles. The van der Waals surface area contributed by atoms with Crippen molar-refractivity contribution in [1.29, 1.82) is 0 Å². The van der Waals surface area contributed by atoms with E-state index < -0.39 is 11.8 Å². The van der Waals surface area contributed by atoms with Crippen molar-refractivity contribution in [2.24, 2.45) is 0 Å². The Labute approximate surface area is 115 Å². The fourth-order valence-corrected chi connectivity index (χ4v) is 1.92. The van der Waals surface area contributed by atoms with Crippen LogP contribution in [0.15, 0.2) is 42.5 Å². The van der Waals surface area contributed by atoms with E-state index in [1.807, 2.05) is 0 Å². The first-order valence-electron chi connectivity index (χ1n) is 5.96. The SMILES string of the molecule is CN(Cc1ccccc1F)c1ccc(C(=O)O)cc1F. The number of carboxylic acids is 1. The van der Waals surface area contributed by atoms with Gasteiger partial charge in [0.25, 0.3) is 0 Å². The Morgan fingerprint density at radius 1 is 1.15 bits per heavy atom. The first kappa shape index (κ1) is 14.0. The van der Waals surface area contributed by atoms with Gasteiger partial charge >= 0.3 is 5.97 Å². The molecule has 0 aliphatic heterocycles. The Balaban J connectivity index is 2.23. The maximum atomic E-state index is 13.9. The van der Waals surface area contributed by atoms with Crippen molar-refractivity contribution in [2.45, 2.75) is 6.54 Å². The molecule has 5 heteroatoms. The molecule has 3 nitrogen and oxygen atoms in total. The standard InChI is InChI=1S/C15H13F2NO2/c1-18(9-11-4-2-3-5-12(11)16)14-7-6-10(15(19)20)8-13(14)17/h2-8H,9H2,1H3,(H,19,20). The molecule has 104 valence electrons. The van der Waals surface area contributed by atoms with Gasteiger partial charge in [0.15, 0.2) is 0 Å². The van der Waals surface area contributed by atoms with E-state index in [1.54, 1.807) is 25.2 Å². The second kappa shape index (κ2) is 5.69. The van der Waals surface area contributed by atoms with Crippen LogP contribution in [0, 0.1) is 11.6 Å². The van der Waals surface area contributed by atoms with Crippen molar-refractivity contribution in [3.05, 3.63) is 65.2 Å². The maximum absolute atomic E-state index is 13.9. The molecule has 0 atom stereocenters. The molecule has 2 aromatic rings. The predicted molar refractivity (Wildman–Crippen MR) is 71.9 cm³/mol. The van der Waals surface area contributed by atoms with Crippen LogP contribution >= 0.6 is 0 Å². The summed E-state index contributed by atoms with van der Waals surface area (Å²) in [6.07, 6.45) is 0. The van der Waals surface area contributed by atoms with Crippen LogP contribution in [0.1, 0.15) is 15.9 Å². The Bertz CT molecular complexity index is 644. The summed E-state index contributed by atoms with van der Waals surface area (Å²) in [5.74, 6) is -2.20. The summed E-state index contributed by atoms with van der Waals surface area (Å²) in [4.78, 5) is 12.3. The lowest BCUT2D eigenvalue weighted by molar-refractivity contribution is 0.0696. The van der Waals surface area contributed by atoms with E-state index in [9.17, 15) is 13.6 Å².